The van der Waals surface area contributed by atoms with Gasteiger partial charge in [-0.25, -0.2) is 9.37 Å². The Morgan fingerprint density at radius 1 is 1.30 bits per heavy atom. The first-order valence-electron chi connectivity index (χ1n) is 6.36. The number of nitrogens with one attached hydrogen (secondary N) is 1. The summed E-state index contributed by atoms with van der Waals surface area (Å²) in [5.41, 5.74) is 1.07. The SMILES string of the molecule is CC(C)NCc1ccc(Oc2cc(F)ccc2Br)nc1. The molecule has 0 fully saturated rings. The van der Waals surface area contributed by atoms with Crippen LogP contribution in [0.25, 0.3) is 0 Å². The van der Waals surface area contributed by atoms with Crippen molar-refractivity contribution in [2.45, 2.75) is 26.4 Å². The number of nitrogens with zero attached hydrogens (tertiary/aromatic N) is 1. The number of ether oxygens (including phenoxy) is 1. The Morgan fingerprint density at radius 2 is 2.10 bits per heavy atom. The number of benzene rings is 1. The largest absolute Gasteiger partial charge is 0.438 e. The van der Waals surface area contributed by atoms with E-state index in [0.29, 0.717) is 22.1 Å². The minimum absolute atomic E-state index is 0.346. The third-order valence-corrected chi connectivity index (χ3v) is 3.27. The van der Waals surface area contributed by atoms with Crippen molar-refractivity contribution < 1.29 is 9.13 Å². The normalized spacial score (nSPS) is 10.8. The fourth-order valence-corrected chi connectivity index (χ4v) is 1.89. The van der Waals surface area contributed by atoms with Gasteiger partial charge in [-0.2, -0.15) is 0 Å². The zero-order valence-corrected chi connectivity index (χ0v) is 12.9. The van der Waals surface area contributed by atoms with E-state index in [-0.39, 0.29) is 5.82 Å². The van der Waals surface area contributed by atoms with Gasteiger partial charge in [0.1, 0.15) is 11.6 Å². The summed E-state index contributed by atoms with van der Waals surface area (Å²) in [6.45, 7) is 4.94. The van der Waals surface area contributed by atoms with Gasteiger partial charge in [0.15, 0.2) is 0 Å². The number of hydrogen-bond donors (Lipinski definition) is 1. The highest BCUT2D eigenvalue weighted by Gasteiger charge is 2.05. The van der Waals surface area contributed by atoms with Crippen LogP contribution in [0.2, 0.25) is 0 Å². The van der Waals surface area contributed by atoms with Gasteiger partial charge in [0, 0.05) is 30.9 Å². The lowest BCUT2D eigenvalue weighted by atomic mass is 10.2. The lowest BCUT2D eigenvalue weighted by Gasteiger charge is -2.09. The molecule has 0 aliphatic rings. The number of aromatic nitrogens is 1. The topological polar surface area (TPSA) is 34.1 Å². The maximum atomic E-state index is 13.2. The van der Waals surface area contributed by atoms with Crippen molar-refractivity contribution in [3.8, 4) is 11.6 Å². The van der Waals surface area contributed by atoms with Crippen LogP contribution in [0.5, 0.6) is 11.6 Å². The highest BCUT2D eigenvalue weighted by atomic mass is 79.9. The first-order valence-corrected chi connectivity index (χ1v) is 7.15. The molecule has 0 spiro atoms. The molecule has 0 saturated carbocycles. The molecule has 0 atom stereocenters. The predicted octanol–water partition coefficient (Wildman–Crippen LogP) is 4.27. The molecule has 0 radical (unpaired) electrons. The summed E-state index contributed by atoms with van der Waals surface area (Å²) >= 11 is 3.31. The summed E-state index contributed by atoms with van der Waals surface area (Å²) < 4.78 is 19.4. The lowest BCUT2D eigenvalue weighted by Crippen LogP contribution is -2.21. The second-order valence-electron chi connectivity index (χ2n) is 4.72. The summed E-state index contributed by atoms with van der Waals surface area (Å²) in [4.78, 5) is 4.22. The van der Waals surface area contributed by atoms with Gasteiger partial charge in [0.05, 0.1) is 4.47 Å². The van der Waals surface area contributed by atoms with Crippen LogP contribution in [0.15, 0.2) is 41.0 Å². The Labute approximate surface area is 126 Å². The van der Waals surface area contributed by atoms with Crippen molar-refractivity contribution in [1.82, 2.24) is 10.3 Å². The Hall–Kier alpha value is -1.46. The fraction of sp³-hybridized carbons (Fsp3) is 0.267. The van der Waals surface area contributed by atoms with E-state index in [1.807, 2.05) is 6.07 Å². The van der Waals surface area contributed by atoms with E-state index in [4.69, 9.17) is 4.74 Å². The molecule has 1 N–H and O–H groups in total. The smallest absolute Gasteiger partial charge is 0.219 e. The van der Waals surface area contributed by atoms with E-state index in [1.54, 1.807) is 18.3 Å². The van der Waals surface area contributed by atoms with Crippen LogP contribution in [-0.4, -0.2) is 11.0 Å². The maximum absolute atomic E-state index is 13.2. The van der Waals surface area contributed by atoms with Crippen molar-refractivity contribution in [3.05, 3.63) is 52.4 Å². The summed E-state index contributed by atoms with van der Waals surface area (Å²) in [5.74, 6) is 0.496. The fourth-order valence-electron chi connectivity index (χ4n) is 1.57. The van der Waals surface area contributed by atoms with Crippen LogP contribution in [0.1, 0.15) is 19.4 Å². The van der Waals surface area contributed by atoms with E-state index in [9.17, 15) is 4.39 Å². The Morgan fingerprint density at radius 3 is 2.75 bits per heavy atom. The molecule has 106 valence electrons. The van der Waals surface area contributed by atoms with Crippen molar-refractivity contribution in [2.24, 2.45) is 0 Å². The van der Waals surface area contributed by atoms with E-state index >= 15 is 0 Å². The molecule has 2 aromatic rings. The highest BCUT2D eigenvalue weighted by molar-refractivity contribution is 9.10. The van der Waals surface area contributed by atoms with Crippen molar-refractivity contribution in [3.63, 3.8) is 0 Å². The summed E-state index contributed by atoms with van der Waals surface area (Å²) in [5, 5.41) is 3.31. The van der Waals surface area contributed by atoms with E-state index < -0.39 is 0 Å². The number of halogens is 2. The molecule has 2 rings (SSSR count). The number of rotatable bonds is 5. The van der Waals surface area contributed by atoms with Crippen LogP contribution >= 0.6 is 15.9 Å². The quantitative estimate of drug-likeness (QED) is 0.883. The molecule has 1 aromatic heterocycles. The molecule has 0 amide bonds. The van der Waals surface area contributed by atoms with Crippen LogP contribution in [0.3, 0.4) is 0 Å². The molecule has 20 heavy (non-hydrogen) atoms. The Bertz CT molecular complexity index is 573. The molecule has 0 bridgehead atoms. The summed E-state index contributed by atoms with van der Waals surface area (Å²) in [7, 11) is 0. The monoisotopic (exact) mass is 338 g/mol. The average Bonchev–Trinajstić information content (AvgIpc) is 2.42. The highest BCUT2D eigenvalue weighted by Crippen LogP contribution is 2.29. The van der Waals surface area contributed by atoms with Crippen LogP contribution in [0.4, 0.5) is 4.39 Å². The van der Waals surface area contributed by atoms with Gasteiger partial charge in [-0.05, 0) is 33.6 Å². The van der Waals surface area contributed by atoms with Crippen molar-refractivity contribution >= 4 is 15.9 Å². The van der Waals surface area contributed by atoms with Crippen LogP contribution in [0, 0.1) is 5.82 Å². The molecule has 1 heterocycles. The standard InChI is InChI=1S/C15H16BrFN2O/c1-10(2)18-8-11-3-6-15(19-9-11)20-14-7-12(17)4-5-13(14)16/h3-7,9-10,18H,8H2,1-2H3. The molecule has 0 saturated heterocycles. The van der Waals surface area contributed by atoms with Crippen molar-refractivity contribution in [1.29, 1.82) is 0 Å². The van der Waals surface area contributed by atoms with Crippen molar-refractivity contribution in [2.75, 3.05) is 0 Å². The minimum Gasteiger partial charge on any atom is -0.438 e. The van der Waals surface area contributed by atoms with Gasteiger partial charge in [-0.15, -0.1) is 0 Å². The predicted molar refractivity (Wildman–Crippen MR) is 80.4 cm³/mol. The van der Waals surface area contributed by atoms with Gasteiger partial charge in [0.2, 0.25) is 5.88 Å². The molecular weight excluding hydrogens is 323 g/mol. The van der Waals surface area contributed by atoms with Gasteiger partial charge in [0.25, 0.3) is 0 Å². The first kappa shape index (κ1) is 14.9. The first-order chi connectivity index (χ1) is 9.54. The van der Waals surface area contributed by atoms with Gasteiger partial charge < -0.3 is 10.1 Å². The maximum Gasteiger partial charge on any atom is 0.219 e. The van der Waals surface area contributed by atoms with Crippen LogP contribution < -0.4 is 10.1 Å². The lowest BCUT2D eigenvalue weighted by molar-refractivity contribution is 0.454. The van der Waals surface area contributed by atoms with Gasteiger partial charge in [-0.3, -0.25) is 0 Å². The second-order valence-corrected chi connectivity index (χ2v) is 5.57. The molecule has 1 aromatic carbocycles. The van der Waals surface area contributed by atoms with E-state index in [2.05, 4.69) is 40.1 Å². The van der Waals surface area contributed by atoms with E-state index in [0.717, 1.165) is 12.1 Å². The van der Waals surface area contributed by atoms with Gasteiger partial charge in [-0.1, -0.05) is 19.9 Å². The summed E-state index contributed by atoms with van der Waals surface area (Å²) in [6.07, 6.45) is 1.75. The van der Waals surface area contributed by atoms with E-state index in [1.165, 1.54) is 12.1 Å². The minimum atomic E-state index is -0.346. The number of hydrogen-bond acceptors (Lipinski definition) is 3. The second kappa shape index (κ2) is 6.81. The molecular formula is C15H16BrFN2O. The third-order valence-electron chi connectivity index (χ3n) is 2.62. The molecule has 0 aliphatic heterocycles. The summed E-state index contributed by atoms with van der Waals surface area (Å²) in [6, 6.07) is 8.42. The molecule has 3 nitrogen and oxygen atoms in total. The molecule has 0 unspecified atom stereocenters. The Kier molecular flexibility index (Phi) is 5.09. The number of pyridine rings is 1. The zero-order chi connectivity index (χ0) is 14.5. The zero-order valence-electron chi connectivity index (χ0n) is 11.4. The third kappa shape index (κ3) is 4.28. The van der Waals surface area contributed by atoms with Gasteiger partial charge >= 0.3 is 0 Å². The molecule has 5 heteroatoms. The molecule has 0 aliphatic carbocycles. The average molecular weight is 339 g/mol. The Balaban J connectivity index is 2.05. The van der Waals surface area contributed by atoms with Crippen LogP contribution in [-0.2, 0) is 6.54 Å².